The van der Waals surface area contributed by atoms with Gasteiger partial charge in [0.1, 0.15) is 5.75 Å². The molecule has 3 aromatic rings. The van der Waals surface area contributed by atoms with Crippen LogP contribution in [0.2, 0.25) is 0 Å². The Balaban J connectivity index is 1.48. The molecule has 166 valence electrons. The van der Waals surface area contributed by atoms with E-state index >= 15 is 0 Å². The molecule has 0 amide bonds. The fourth-order valence-corrected chi connectivity index (χ4v) is 3.18. The van der Waals surface area contributed by atoms with Gasteiger partial charge >= 0.3 is 5.97 Å². The van der Waals surface area contributed by atoms with E-state index in [1.807, 2.05) is 42.5 Å². The van der Waals surface area contributed by atoms with Crippen molar-refractivity contribution in [3.05, 3.63) is 83.9 Å². The van der Waals surface area contributed by atoms with Crippen LogP contribution in [0.25, 0.3) is 17.2 Å². The van der Waals surface area contributed by atoms with Gasteiger partial charge in [-0.15, -0.1) is 0 Å². The minimum atomic E-state index is -0.387. The molecule has 3 rings (SSSR count). The van der Waals surface area contributed by atoms with E-state index in [0.29, 0.717) is 17.8 Å². The molecule has 0 unspecified atom stereocenters. The van der Waals surface area contributed by atoms with Crippen molar-refractivity contribution in [2.75, 3.05) is 24.7 Å². The van der Waals surface area contributed by atoms with Crippen LogP contribution in [0.3, 0.4) is 0 Å². The van der Waals surface area contributed by atoms with Crippen LogP contribution in [0, 0.1) is 0 Å². The molecule has 5 nitrogen and oxygen atoms in total. The first kappa shape index (κ1) is 22.9. The minimum absolute atomic E-state index is 0.258. The van der Waals surface area contributed by atoms with Crippen molar-refractivity contribution in [3.8, 4) is 16.9 Å². The van der Waals surface area contributed by atoms with Gasteiger partial charge in [0.25, 0.3) is 0 Å². The predicted octanol–water partition coefficient (Wildman–Crippen LogP) is 5.50. The summed E-state index contributed by atoms with van der Waals surface area (Å²) in [6.07, 6.45) is 5.90. The van der Waals surface area contributed by atoms with Crippen LogP contribution in [0.15, 0.2) is 72.8 Å². The molecule has 4 N–H and O–H groups in total. The molecule has 0 saturated carbocycles. The summed E-state index contributed by atoms with van der Waals surface area (Å²) in [7, 11) is 0. The Morgan fingerprint density at radius 3 is 2.25 bits per heavy atom. The summed E-state index contributed by atoms with van der Waals surface area (Å²) in [5.74, 6) is 0.501. The molecule has 0 aliphatic heterocycles. The van der Waals surface area contributed by atoms with Gasteiger partial charge in [0, 0.05) is 23.9 Å². The lowest BCUT2D eigenvalue weighted by Gasteiger charge is -2.07. The number of anilines is 2. The molecule has 32 heavy (non-hydrogen) atoms. The maximum absolute atomic E-state index is 12.0. The Kier molecular flexibility index (Phi) is 8.32. The van der Waals surface area contributed by atoms with Gasteiger partial charge in [-0.25, -0.2) is 4.79 Å². The molecule has 5 heteroatoms. The van der Waals surface area contributed by atoms with Crippen molar-refractivity contribution in [2.45, 2.75) is 26.2 Å². The SMILES string of the molecule is CCCCOc1ccc(-c2ccc(/C=C/C(=O)OCCc3ccc(N)cc3N)cc2)cc1. The maximum Gasteiger partial charge on any atom is 0.330 e. The summed E-state index contributed by atoms with van der Waals surface area (Å²) < 4.78 is 11.0. The number of esters is 1. The number of nitrogen functional groups attached to an aromatic ring is 2. The van der Waals surface area contributed by atoms with E-state index in [4.69, 9.17) is 20.9 Å². The van der Waals surface area contributed by atoms with Crippen molar-refractivity contribution in [1.29, 1.82) is 0 Å². The van der Waals surface area contributed by atoms with E-state index in [9.17, 15) is 4.79 Å². The number of hydrogen-bond donors (Lipinski definition) is 2. The van der Waals surface area contributed by atoms with Crippen LogP contribution in [0.5, 0.6) is 5.75 Å². The van der Waals surface area contributed by atoms with Gasteiger partial charge in [-0.1, -0.05) is 55.8 Å². The maximum atomic E-state index is 12.0. The Hall–Kier alpha value is -3.73. The summed E-state index contributed by atoms with van der Waals surface area (Å²) >= 11 is 0. The van der Waals surface area contributed by atoms with Crippen LogP contribution in [0.4, 0.5) is 11.4 Å². The molecule has 0 radical (unpaired) electrons. The van der Waals surface area contributed by atoms with E-state index in [0.717, 1.165) is 47.5 Å². The van der Waals surface area contributed by atoms with Crippen molar-refractivity contribution < 1.29 is 14.3 Å². The molecule has 0 aliphatic carbocycles. The molecule has 3 aromatic carbocycles. The zero-order chi connectivity index (χ0) is 22.8. The highest BCUT2D eigenvalue weighted by Gasteiger charge is 2.03. The van der Waals surface area contributed by atoms with E-state index in [1.165, 1.54) is 6.08 Å². The highest BCUT2D eigenvalue weighted by atomic mass is 16.5. The molecular formula is C27H30N2O3. The monoisotopic (exact) mass is 430 g/mol. The smallest absolute Gasteiger partial charge is 0.330 e. The summed E-state index contributed by atoms with van der Waals surface area (Å²) in [5.41, 5.74) is 16.9. The molecule has 0 bridgehead atoms. The van der Waals surface area contributed by atoms with Gasteiger partial charge in [-0.05, 0) is 59.0 Å². The lowest BCUT2D eigenvalue weighted by molar-refractivity contribution is -0.137. The Bertz CT molecular complexity index is 1040. The Morgan fingerprint density at radius 1 is 0.906 bits per heavy atom. The third kappa shape index (κ3) is 6.91. The molecule has 0 atom stereocenters. The summed E-state index contributed by atoms with van der Waals surface area (Å²) in [5, 5.41) is 0. The second-order valence-corrected chi connectivity index (χ2v) is 7.56. The van der Waals surface area contributed by atoms with Gasteiger partial charge in [0.05, 0.1) is 13.2 Å². The van der Waals surface area contributed by atoms with Crippen molar-refractivity contribution in [3.63, 3.8) is 0 Å². The average Bonchev–Trinajstić information content (AvgIpc) is 2.80. The minimum Gasteiger partial charge on any atom is -0.494 e. The van der Waals surface area contributed by atoms with Gasteiger partial charge in [0.15, 0.2) is 0 Å². The Labute approximate surface area is 189 Å². The number of carbonyl (C=O) groups excluding carboxylic acids is 1. The highest BCUT2D eigenvalue weighted by Crippen LogP contribution is 2.23. The number of unbranched alkanes of at least 4 members (excludes halogenated alkanes) is 1. The third-order valence-electron chi connectivity index (χ3n) is 5.06. The number of rotatable bonds is 10. The third-order valence-corrected chi connectivity index (χ3v) is 5.06. The predicted molar refractivity (Wildman–Crippen MR) is 131 cm³/mol. The number of carbonyl (C=O) groups is 1. The first-order valence-corrected chi connectivity index (χ1v) is 10.9. The Morgan fingerprint density at radius 2 is 1.59 bits per heavy atom. The fraction of sp³-hybridized carbons (Fsp3) is 0.222. The highest BCUT2D eigenvalue weighted by molar-refractivity contribution is 5.87. The van der Waals surface area contributed by atoms with Gasteiger partial charge in [-0.3, -0.25) is 0 Å². The largest absolute Gasteiger partial charge is 0.494 e. The zero-order valence-electron chi connectivity index (χ0n) is 18.4. The molecule has 0 aliphatic rings. The lowest BCUT2D eigenvalue weighted by atomic mass is 10.0. The van der Waals surface area contributed by atoms with Crippen LogP contribution in [0.1, 0.15) is 30.9 Å². The van der Waals surface area contributed by atoms with Crippen LogP contribution in [-0.4, -0.2) is 19.2 Å². The first-order valence-electron chi connectivity index (χ1n) is 10.9. The summed E-state index contributed by atoms with van der Waals surface area (Å²) in [6, 6.07) is 21.4. The van der Waals surface area contributed by atoms with Gasteiger partial charge in [-0.2, -0.15) is 0 Å². The first-order chi connectivity index (χ1) is 15.5. The zero-order valence-corrected chi connectivity index (χ0v) is 18.4. The van der Waals surface area contributed by atoms with E-state index in [1.54, 1.807) is 18.2 Å². The van der Waals surface area contributed by atoms with E-state index in [2.05, 4.69) is 19.1 Å². The van der Waals surface area contributed by atoms with Crippen molar-refractivity contribution in [1.82, 2.24) is 0 Å². The average molecular weight is 431 g/mol. The molecule has 0 aromatic heterocycles. The second-order valence-electron chi connectivity index (χ2n) is 7.56. The van der Waals surface area contributed by atoms with Gasteiger partial charge in [0.2, 0.25) is 0 Å². The van der Waals surface area contributed by atoms with E-state index < -0.39 is 0 Å². The number of hydrogen-bond acceptors (Lipinski definition) is 5. The summed E-state index contributed by atoms with van der Waals surface area (Å²) in [4.78, 5) is 12.0. The van der Waals surface area contributed by atoms with Crippen LogP contribution < -0.4 is 16.2 Å². The number of ether oxygens (including phenoxy) is 2. The molecule has 0 saturated heterocycles. The topological polar surface area (TPSA) is 87.6 Å². The van der Waals surface area contributed by atoms with Gasteiger partial charge < -0.3 is 20.9 Å². The molecular weight excluding hydrogens is 400 g/mol. The molecule has 0 spiro atoms. The van der Waals surface area contributed by atoms with Crippen molar-refractivity contribution >= 4 is 23.4 Å². The van der Waals surface area contributed by atoms with Crippen LogP contribution in [-0.2, 0) is 16.0 Å². The fourth-order valence-electron chi connectivity index (χ4n) is 3.18. The van der Waals surface area contributed by atoms with E-state index in [-0.39, 0.29) is 12.6 Å². The normalized spacial score (nSPS) is 10.9. The second kappa shape index (κ2) is 11.6. The standard InChI is InChI=1S/C27H30N2O3/c1-2-3-17-31-25-13-10-22(11-14-25)21-7-4-20(5-8-21)6-15-27(30)32-18-16-23-9-12-24(28)19-26(23)29/h4-15,19H,2-3,16-18,28-29H2,1H3/b15-6+. The molecule has 0 heterocycles. The number of nitrogens with two attached hydrogens (primary N) is 2. The number of benzene rings is 3. The quantitative estimate of drug-likeness (QED) is 0.192. The summed E-state index contributed by atoms with van der Waals surface area (Å²) in [6.45, 7) is 3.15. The molecule has 0 fully saturated rings. The van der Waals surface area contributed by atoms with Crippen molar-refractivity contribution in [2.24, 2.45) is 0 Å². The van der Waals surface area contributed by atoms with Crippen LogP contribution >= 0.6 is 0 Å². The lowest BCUT2D eigenvalue weighted by Crippen LogP contribution is -2.06.